The summed E-state index contributed by atoms with van der Waals surface area (Å²) in [6.45, 7) is 3.35. The topological polar surface area (TPSA) is 63.6 Å². The van der Waals surface area contributed by atoms with Crippen LogP contribution in [0, 0.1) is 0 Å². The first-order chi connectivity index (χ1) is 7.18. The van der Waals surface area contributed by atoms with E-state index in [4.69, 9.17) is 4.74 Å². The molecule has 0 bridgehead atoms. The lowest BCUT2D eigenvalue weighted by Gasteiger charge is -2.17. The summed E-state index contributed by atoms with van der Waals surface area (Å²) < 4.78 is 27.9. The van der Waals surface area contributed by atoms with Crippen LogP contribution in [-0.4, -0.2) is 32.0 Å². The molecule has 0 spiro atoms. The summed E-state index contributed by atoms with van der Waals surface area (Å²) in [5, 5.41) is 9.46. The fourth-order valence-electron chi connectivity index (χ4n) is 1.05. The predicted octanol–water partition coefficient (Wildman–Crippen LogP) is 1.24. The number of ether oxygens (including phenoxy) is 1. The Morgan fingerprint density at radius 2 is 2.00 bits per heavy atom. The van der Waals surface area contributed by atoms with Crippen molar-refractivity contribution in [2.75, 3.05) is 12.9 Å². The Hall–Kier alpha value is -1.07. The van der Waals surface area contributed by atoms with Crippen LogP contribution in [0.1, 0.15) is 13.8 Å². The Morgan fingerprint density at radius 1 is 1.38 bits per heavy atom. The van der Waals surface area contributed by atoms with E-state index < -0.39 is 15.4 Å². The molecule has 16 heavy (non-hydrogen) atoms. The van der Waals surface area contributed by atoms with E-state index in [1.807, 2.05) is 0 Å². The van der Waals surface area contributed by atoms with Crippen molar-refractivity contribution in [3.05, 3.63) is 24.3 Å². The van der Waals surface area contributed by atoms with E-state index in [9.17, 15) is 13.5 Å². The van der Waals surface area contributed by atoms with Crippen molar-refractivity contribution < 1.29 is 18.3 Å². The summed E-state index contributed by atoms with van der Waals surface area (Å²) >= 11 is 0. The first-order valence-corrected chi connectivity index (χ1v) is 6.73. The third-order valence-corrected chi connectivity index (χ3v) is 2.94. The molecule has 0 atom stereocenters. The van der Waals surface area contributed by atoms with Gasteiger partial charge >= 0.3 is 0 Å². The van der Waals surface area contributed by atoms with Crippen LogP contribution in [0.3, 0.4) is 0 Å². The van der Waals surface area contributed by atoms with E-state index >= 15 is 0 Å². The molecule has 0 saturated heterocycles. The molecule has 1 rings (SSSR count). The van der Waals surface area contributed by atoms with Gasteiger partial charge in [0.05, 0.1) is 10.5 Å². The largest absolute Gasteiger partial charge is 0.491 e. The molecule has 0 amide bonds. The normalized spacial score (nSPS) is 12.5. The fourth-order valence-corrected chi connectivity index (χ4v) is 1.71. The maximum Gasteiger partial charge on any atom is 0.175 e. The van der Waals surface area contributed by atoms with Crippen molar-refractivity contribution in [2.45, 2.75) is 24.3 Å². The van der Waals surface area contributed by atoms with E-state index in [0.29, 0.717) is 5.75 Å². The van der Waals surface area contributed by atoms with E-state index in [1.54, 1.807) is 26.0 Å². The quantitative estimate of drug-likeness (QED) is 0.865. The molecule has 0 unspecified atom stereocenters. The number of sulfone groups is 1. The highest BCUT2D eigenvalue weighted by molar-refractivity contribution is 7.90. The first-order valence-electron chi connectivity index (χ1n) is 4.84. The lowest BCUT2D eigenvalue weighted by atomic mass is 10.2. The van der Waals surface area contributed by atoms with Crippen molar-refractivity contribution in [2.24, 2.45) is 0 Å². The van der Waals surface area contributed by atoms with Gasteiger partial charge in [0.15, 0.2) is 9.84 Å². The summed E-state index contributed by atoms with van der Waals surface area (Å²) in [7, 11) is -3.22. The molecule has 0 aliphatic heterocycles. The number of aliphatic hydroxyl groups is 1. The second-order valence-corrected chi connectivity index (χ2v) is 6.36. The number of benzene rings is 1. The molecule has 90 valence electrons. The molecule has 0 saturated carbocycles. The molecule has 4 nitrogen and oxygen atoms in total. The van der Waals surface area contributed by atoms with Gasteiger partial charge in [0.2, 0.25) is 0 Å². The summed E-state index contributed by atoms with van der Waals surface area (Å²) in [5.74, 6) is 0.435. The van der Waals surface area contributed by atoms with Crippen LogP contribution in [0.15, 0.2) is 29.2 Å². The molecule has 0 fully saturated rings. The van der Waals surface area contributed by atoms with Gasteiger partial charge in [-0.05, 0) is 32.0 Å². The number of rotatable bonds is 4. The molecule has 0 aliphatic carbocycles. The summed E-state index contributed by atoms with van der Waals surface area (Å²) in [5.41, 5.74) is -0.943. The van der Waals surface area contributed by atoms with Gasteiger partial charge in [-0.1, -0.05) is 6.07 Å². The maximum absolute atomic E-state index is 11.3. The summed E-state index contributed by atoms with van der Waals surface area (Å²) in [6, 6.07) is 6.21. The van der Waals surface area contributed by atoms with E-state index in [0.717, 1.165) is 6.26 Å². The molecule has 5 heteroatoms. The molecular weight excluding hydrogens is 228 g/mol. The van der Waals surface area contributed by atoms with Crippen LogP contribution >= 0.6 is 0 Å². The average molecular weight is 244 g/mol. The van der Waals surface area contributed by atoms with Crippen molar-refractivity contribution >= 4 is 9.84 Å². The summed E-state index contributed by atoms with van der Waals surface area (Å²) in [6.07, 6.45) is 1.14. The Kier molecular flexibility index (Phi) is 3.60. The molecule has 0 aromatic heterocycles. The van der Waals surface area contributed by atoms with Crippen LogP contribution in [0.25, 0.3) is 0 Å². The lowest BCUT2D eigenvalue weighted by molar-refractivity contribution is 0.0284. The van der Waals surface area contributed by atoms with Crippen LogP contribution in [0.2, 0.25) is 0 Å². The molecule has 1 aromatic rings. The van der Waals surface area contributed by atoms with Gasteiger partial charge in [-0.15, -0.1) is 0 Å². The third-order valence-electron chi connectivity index (χ3n) is 1.83. The molecule has 1 N–H and O–H groups in total. The Morgan fingerprint density at radius 3 is 2.50 bits per heavy atom. The van der Waals surface area contributed by atoms with E-state index in [1.165, 1.54) is 12.1 Å². The van der Waals surface area contributed by atoms with E-state index in [-0.39, 0.29) is 11.5 Å². The van der Waals surface area contributed by atoms with Gasteiger partial charge in [0, 0.05) is 6.26 Å². The van der Waals surface area contributed by atoms with Gasteiger partial charge in [-0.3, -0.25) is 0 Å². The first kappa shape index (κ1) is 13.0. The van der Waals surface area contributed by atoms with Crippen molar-refractivity contribution in [1.82, 2.24) is 0 Å². The van der Waals surface area contributed by atoms with Crippen molar-refractivity contribution in [1.29, 1.82) is 0 Å². The maximum atomic E-state index is 11.3. The smallest absolute Gasteiger partial charge is 0.175 e. The van der Waals surface area contributed by atoms with Gasteiger partial charge in [0.1, 0.15) is 12.4 Å². The van der Waals surface area contributed by atoms with Crippen LogP contribution in [0.4, 0.5) is 0 Å². The predicted molar refractivity (Wildman–Crippen MR) is 61.3 cm³/mol. The van der Waals surface area contributed by atoms with Crippen molar-refractivity contribution in [3.63, 3.8) is 0 Å². The highest BCUT2D eigenvalue weighted by Crippen LogP contribution is 2.18. The number of hydrogen-bond acceptors (Lipinski definition) is 4. The van der Waals surface area contributed by atoms with Gasteiger partial charge in [-0.2, -0.15) is 0 Å². The van der Waals surface area contributed by atoms with Gasteiger partial charge in [-0.25, -0.2) is 8.42 Å². The molecule has 0 aliphatic rings. The Labute approximate surface area is 95.8 Å². The number of hydrogen-bond donors (Lipinski definition) is 1. The zero-order valence-corrected chi connectivity index (χ0v) is 10.4. The molecule has 0 heterocycles. The Balaban J connectivity index is 2.84. The minimum atomic E-state index is -3.22. The third kappa shape index (κ3) is 4.20. The molecule has 0 radical (unpaired) electrons. The second kappa shape index (κ2) is 4.43. The van der Waals surface area contributed by atoms with E-state index in [2.05, 4.69) is 0 Å². The van der Waals surface area contributed by atoms with Crippen LogP contribution in [0.5, 0.6) is 5.75 Å². The highest BCUT2D eigenvalue weighted by atomic mass is 32.2. The van der Waals surface area contributed by atoms with Gasteiger partial charge < -0.3 is 9.84 Å². The SMILES string of the molecule is CC(C)(O)COc1cccc(S(C)(=O)=O)c1. The molecular formula is C11H16O4S. The zero-order chi connectivity index (χ0) is 12.4. The standard InChI is InChI=1S/C11H16O4S/c1-11(2,12)8-15-9-5-4-6-10(7-9)16(3,13)14/h4-7,12H,8H2,1-3H3. The van der Waals surface area contributed by atoms with Crippen LogP contribution in [-0.2, 0) is 9.84 Å². The fraction of sp³-hybridized carbons (Fsp3) is 0.455. The second-order valence-electron chi connectivity index (χ2n) is 4.35. The zero-order valence-electron chi connectivity index (χ0n) is 9.60. The Bertz CT molecular complexity index is 457. The van der Waals surface area contributed by atoms with Gasteiger partial charge in [0.25, 0.3) is 0 Å². The lowest BCUT2D eigenvalue weighted by Crippen LogP contribution is -2.27. The minimum Gasteiger partial charge on any atom is -0.491 e. The summed E-state index contributed by atoms with van der Waals surface area (Å²) in [4.78, 5) is 0.209. The molecule has 1 aromatic carbocycles. The monoisotopic (exact) mass is 244 g/mol. The highest BCUT2D eigenvalue weighted by Gasteiger charge is 2.14. The van der Waals surface area contributed by atoms with Crippen molar-refractivity contribution in [3.8, 4) is 5.75 Å². The van der Waals surface area contributed by atoms with Crippen LogP contribution < -0.4 is 4.74 Å². The average Bonchev–Trinajstić information content (AvgIpc) is 2.13. The minimum absolute atomic E-state index is 0.111.